The van der Waals surface area contributed by atoms with Crippen LogP contribution in [0.2, 0.25) is 0 Å². The fourth-order valence-corrected chi connectivity index (χ4v) is 0.577. The molecule has 69 valence electrons. The van der Waals surface area contributed by atoms with E-state index in [1.165, 1.54) is 0 Å². The maximum absolute atomic E-state index is 10.8. The van der Waals surface area contributed by atoms with Gasteiger partial charge in [0, 0.05) is 12.2 Å². The number of ether oxygens (including phenoxy) is 1. The SMILES string of the molecule is C=C(C)C(=O)OC[CH]CCCO. The van der Waals surface area contributed by atoms with Crippen LogP contribution in [0.5, 0.6) is 0 Å². The van der Waals surface area contributed by atoms with Gasteiger partial charge in [-0.2, -0.15) is 0 Å². The zero-order chi connectivity index (χ0) is 9.40. The van der Waals surface area contributed by atoms with Crippen LogP contribution in [0.1, 0.15) is 19.8 Å². The van der Waals surface area contributed by atoms with Crippen LogP contribution in [0.3, 0.4) is 0 Å². The summed E-state index contributed by atoms with van der Waals surface area (Å²) in [5.41, 5.74) is 0.408. The maximum Gasteiger partial charge on any atom is 0.333 e. The first-order valence-corrected chi connectivity index (χ1v) is 3.93. The minimum absolute atomic E-state index is 0.172. The van der Waals surface area contributed by atoms with Crippen LogP contribution in [0, 0.1) is 6.42 Å². The lowest BCUT2D eigenvalue weighted by Gasteiger charge is -2.02. The van der Waals surface area contributed by atoms with Crippen molar-refractivity contribution in [2.24, 2.45) is 0 Å². The predicted octanol–water partition coefficient (Wildman–Crippen LogP) is 1.08. The Morgan fingerprint density at radius 1 is 1.67 bits per heavy atom. The molecular formula is C9H15O3. The minimum Gasteiger partial charge on any atom is -0.462 e. The van der Waals surface area contributed by atoms with Crippen molar-refractivity contribution < 1.29 is 14.6 Å². The van der Waals surface area contributed by atoms with Crippen LogP contribution in [0.4, 0.5) is 0 Å². The molecule has 0 aromatic heterocycles. The van der Waals surface area contributed by atoms with Crippen molar-refractivity contribution in [3.63, 3.8) is 0 Å². The van der Waals surface area contributed by atoms with Gasteiger partial charge in [-0.1, -0.05) is 6.58 Å². The summed E-state index contributed by atoms with van der Waals surface area (Å²) < 4.78 is 4.77. The highest BCUT2D eigenvalue weighted by molar-refractivity contribution is 5.86. The Labute approximate surface area is 73.0 Å². The van der Waals surface area contributed by atoms with Crippen molar-refractivity contribution in [2.75, 3.05) is 13.2 Å². The number of rotatable bonds is 6. The first-order chi connectivity index (χ1) is 5.68. The second-order valence-corrected chi connectivity index (χ2v) is 2.53. The minimum atomic E-state index is -0.366. The van der Waals surface area contributed by atoms with E-state index < -0.39 is 0 Å². The monoisotopic (exact) mass is 171 g/mol. The third kappa shape index (κ3) is 5.92. The second-order valence-electron chi connectivity index (χ2n) is 2.53. The molecule has 0 fully saturated rings. The summed E-state index contributed by atoms with van der Waals surface area (Å²) in [4.78, 5) is 10.8. The molecule has 3 heteroatoms. The summed E-state index contributed by atoms with van der Waals surface area (Å²) in [6.07, 6.45) is 3.29. The molecule has 0 unspecified atom stereocenters. The van der Waals surface area contributed by atoms with Gasteiger partial charge >= 0.3 is 5.97 Å². The van der Waals surface area contributed by atoms with E-state index in [0.29, 0.717) is 18.6 Å². The molecule has 0 aromatic carbocycles. The molecule has 0 aliphatic heterocycles. The number of hydrogen-bond donors (Lipinski definition) is 1. The highest BCUT2D eigenvalue weighted by atomic mass is 16.5. The zero-order valence-corrected chi connectivity index (χ0v) is 7.38. The fourth-order valence-electron chi connectivity index (χ4n) is 0.577. The molecule has 3 nitrogen and oxygen atoms in total. The molecule has 0 saturated heterocycles. The predicted molar refractivity (Wildman–Crippen MR) is 46.4 cm³/mol. The Bertz CT molecular complexity index is 152. The number of hydrogen-bond acceptors (Lipinski definition) is 3. The highest BCUT2D eigenvalue weighted by Gasteiger charge is 2.01. The fraction of sp³-hybridized carbons (Fsp3) is 0.556. The van der Waals surface area contributed by atoms with E-state index in [9.17, 15) is 4.79 Å². The van der Waals surface area contributed by atoms with E-state index in [0.717, 1.165) is 6.42 Å². The molecule has 0 bridgehead atoms. The molecule has 0 amide bonds. The van der Waals surface area contributed by atoms with Crippen LogP contribution in [-0.2, 0) is 9.53 Å². The van der Waals surface area contributed by atoms with Crippen molar-refractivity contribution in [1.29, 1.82) is 0 Å². The smallest absolute Gasteiger partial charge is 0.333 e. The number of aliphatic hydroxyl groups excluding tert-OH is 1. The number of esters is 1. The Morgan fingerprint density at radius 2 is 2.33 bits per heavy atom. The summed E-state index contributed by atoms with van der Waals surface area (Å²) in [6, 6.07) is 0. The van der Waals surface area contributed by atoms with Crippen molar-refractivity contribution in [2.45, 2.75) is 19.8 Å². The Kier molecular flexibility index (Phi) is 6.38. The molecule has 1 radical (unpaired) electrons. The van der Waals surface area contributed by atoms with Crippen LogP contribution in [-0.4, -0.2) is 24.3 Å². The molecule has 0 rings (SSSR count). The summed E-state index contributed by atoms with van der Waals surface area (Å²) in [7, 11) is 0. The van der Waals surface area contributed by atoms with E-state index in [-0.39, 0.29) is 12.6 Å². The van der Waals surface area contributed by atoms with E-state index in [1.54, 1.807) is 6.92 Å². The van der Waals surface area contributed by atoms with Crippen LogP contribution < -0.4 is 0 Å². The zero-order valence-electron chi connectivity index (χ0n) is 7.38. The van der Waals surface area contributed by atoms with Gasteiger partial charge in [0.2, 0.25) is 0 Å². The average Bonchev–Trinajstić information content (AvgIpc) is 2.03. The topological polar surface area (TPSA) is 46.5 Å². The lowest BCUT2D eigenvalue weighted by atomic mass is 10.2. The Balaban J connectivity index is 3.20. The Hall–Kier alpha value is -0.830. The van der Waals surface area contributed by atoms with E-state index in [2.05, 4.69) is 6.58 Å². The first kappa shape index (κ1) is 11.2. The van der Waals surface area contributed by atoms with Gasteiger partial charge in [0.05, 0.1) is 6.61 Å². The molecule has 0 aliphatic rings. The van der Waals surface area contributed by atoms with Crippen LogP contribution in [0.15, 0.2) is 12.2 Å². The summed E-state index contributed by atoms with van der Waals surface area (Å²) >= 11 is 0. The quantitative estimate of drug-likeness (QED) is 0.369. The highest BCUT2D eigenvalue weighted by Crippen LogP contribution is 1.96. The van der Waals surface area contributed by atoms with Crippen molar-refractivity contribution in [1.82, 2.24) is 0 Å². The molecule has 0 saturated carbocycles. The summed E-state index contributed by atoms with van der Waals surface area (Å²) in [6.45, 7) is 5.52. The number of aliphatic hydroxyl groups is 1. The van der Waals surface area contributed by atoms with Gasteiger partial charge in [-0.25, -0.2) is 4.79 Å². The van der Waals surface area contributed by atoms with Crippen LogP contribution >= 0.6 is 0 Å². The van der Waals surface area contributed by atoms with Gasteiger partial charge in [-0.15, -0.1) is 0 Å². The third-order valence-electron chi connectivity index (χ3n) is 1.25. The van der Waals surface area contributed by atoms with Gasteiger partial charge in [-0.05, 0) is 26.2 Å². The number of unbranched alkanes of at least 4 members (excludes halogenated alkanes) is 2. The lowest BCUT2D eigenvalue weighted by molar-refractivity contribution is -0.138. The molecule has 12 heavy (non-hydrogen) atoms. The van der Waals surface area contributed by atoms with Crippen molar-refractivity contribution in [3.05, 3.63) is 18.6 Å². The normalized spacial score (nSPS) is 9.50. The molecular weight excluding hydrogens is 156 g/mol. The first-order valence-electron chi connectivity index (χ1n) is 3.93. The number of carbonyl (C=O) groups is 1. The Morgan fingerprint density at radius 3 is 2.83 bits per heavy atom. The van der Waals surface area contributed by atoms with E-state index in [4.69, 9.17) is 9.84 Å². The molecule has 0 aromatic rings. The van der Waals surface area contributed by atoms with E-state index in [1.807, 2.05) is 6.42 Å². The molecule has 0 spiro atoms. The third-order valence-corrected chi connectivity index (χ3v) is 1.25. The van der Waals surface area contributed by atoms with Crippen LogP contribution in [0.25, 0.3) is 0 Å². The molecule has 0 aliphatic carbocycles. The number of carbonyl (C=O) groups excluding carboxylic acids is 1. The standard InChI is InChI=1S/C9H15O3/c1-8(2)9(11)12-7-5-3-4-6-10/h5,10H,1,3-4,6-7H2,2H3. The van der Waals surface area contributed by atoms with Gasteiger partial charge in [0.1, 0.15) is 0 Å². The maximum atomic E-state index is 10.8. The molecule has 1 N–H and O–H groups in total. The molecule has 0 heterocycles. The van der Waals surface area contributed by atoms with Gasteiger partial charge in [-0.3, -0.25) is 0 Å². The second kappa shape index (κ2) is 6.85. The lowest BCUT2D eigenvalue weighted by Crippen LogP contribution is -2.06. The molecule has 0 atom stereocenters. The average molecular weight is 171 g/mol. The van der Waals surface area contributed by atoms with Gasteiger partial charge < -0.3 is 9.84 Å². The van der Waals surface area contributed by atoms with Crippen molar-refractivity contribution >= 4 is 5.97 Å². The van der Waals surface area contributed by atoms with E-state index >= 15 is 0 Å². The van der Waals surface area contributed by atoms with Crippen molar-refractivity contribution in [3.8, 4) is 0 Å². The summed E-state index contributed by atoms with van der Waals surface area (Å²) in [5.74, 6) is -0.366. The largest absolute Gasteiger partial charge is 0.462 e. The van der Waals surface area contributed by atoms with Gasteiger partial charge in [0.15, 0.2) is 0 Å². The van der Waals surface area contributed by atoms with Gasteiger partial charge in [0.25, 0.3) is 0 Å². The summed E-state index contributed by atoms with van der Waals surface area (Å²) in [5, 5.41) is 8.42.